The third-order valence-electron chi connectivity index (χ3n) is 4.65. The lowest BCUT2D eigenvalue weighted by Crippen LogP contribution is -2.59. The zero-order valence-electron chi connectivity index (χ0n) is 12.4. The van der Waals surface area contributed by atoms with Crippen molar-refractivity contribution in [2.75, 3.05) is 6.54 Å². The van der Waals surface area contributed by atoms with Crippen LogP contribution >= 0.6 is 0 Å². The van der Waals surface area contributed by atoms with E-state index in [1.54, 1.807) is 0 Å². The molecule has 0 aromatic heterocycles. The van der Waals surface area contributed by atoms with Gasteiger partial charge in [-0.1, -0.05) is 19.3 Å². The van der Waals surface area contributed by atoms with Crippen LogP contribution in [0.5, 0.6) is 0 Å². The molecular formula is C15H28N2O. The molecule has 2 fully saturated rings. The number of hydrogen-bond donors (Lipinski definition) is 1. The highest BCUT2D eigenvalue weighted by Crippen LogP contribution is 2.33. The van der Waals surface area contributed by atoms with E-state index in [0.29, 0.717) is 6.04 Å². The second-order valence-electron chi connectivity index (χ2n) is 7.08. The van der Waals surface area contributed by atoms with Crippen molar-refractivity contribution >= 4 is 5.91 Å². The molecule has 1 saturated carbocycles. The summed E-state index contributed by atoms with van der Waals surface area (Å²) in [7, 11) is 0. The van der Waals surface area contributed by atoms with Crippen LogP contribution in [-0.2, 0) is 4.79 Å². The van der Waals surface area contributed by atoms with Crippen molar-refractivity contribution in [3.63, 3.8) is 0 Å². The zero-order valence-corrected chi connectivity index (χ0v) is 12.4. The summed E-state index contributed by atoms with van der Waals surface area (Å²) in [5.74, 6) is 0.289. The minimum absolute atomic E-state index is 0.0140. The summed E-state index contributed by atoms with van der Waals surface area (Å²) in [5.41, 5.74) is -0.426. The number of carbonyl (C=O) groups excluding carboxylic acids is 1. The Balaban J connectivity index is 2.27. The van der Waals surface area contributed by atoms with Crippen LogP contribution in [0.1, 0.15) is 66.2 Å². The van der Waals surface area contributed by atoms with E-state index < -0.39 is 5.54 Å². The Hall–Kier alpha value is -0.570. The molecule has 1 heterocycles. The van der Waals surface area contributed by atoms with Gasteiger partial charge in [0.25, 0.3) is 0 Å². The fourth-order valence-corrected chi connectivity index (χ4v) is 3.45. The van der Waals surface area contributed by atoms with Gasteiger partial charge in [-0.05, 0) is 53.5 Å². The van der Waals surface area contributed by atoms with E-state index in [2.05, 4.69) is 24.1 Å². The molecule has 1 aliphatic heterocycles. The van der Waals surface area contributed by atoms with E-state index in [1.807, 2.05) is 13.8 Å². The van der Waals surface area contributed by atoms with Crippen molar-refractivity contribution in [3.8, 4) is 0 Å². The first-order valence-electron chi connectivity index (χ1n) is 7.43. The summed E-state index contributed by atoms with van der Waals surface area (Å²) in [6, 6.07) is 0.459. The van der Waals surface area contributed by atoms with Gasteiger partial charge in [0.1, 0.15) is 0 Å². The van der Waals surface area contributed by atoms with E-state index >= 15 is 0 Å². The van der Waals surface area contributed by atoms with Crippen LogP contribution < -0.4 is 5.32 Å². The molecule has 0 unspecified atom stereocenters. The summed E-state index contributed by atoms with van der Waals surface area (Å²) >= 11 is 0. The number of nitrogens with one attached hydrogen (secondary N) is 1. The summed E-state index contributed by atoms with van der Waals surface area (Å²) in [4.78, 5) is 15.1. The maximum atomic E-state index is 12.8. The first-order chi connectivity index (χ1) is 8.34. The average Bonchev–Trinajstić information content (AvgIpc) is 2.36. The monoisotopic (exact) mass is 252 g/mol. The first kappa shape index (κ1) is 13.9. The molecule has 3 heteroatoms. The van der Waals surface area contributed by atoms with Crippen LogP contribution in [0.3, 0.4) is 0 Å². The third-order valence-corrected chi connectivity index (χ3v) is 4.65. The molecule has 0 spiro atoms. The second-order valence-corrected chi connectivity index (χ2v) is 7.08. The van der Waals surface area contributed by atoms with Crippen LogP contribution in [0, 0.1) is 0 Å². The fraction of sp³-hybridized carbons (Fsp3) is 0.933. The van der Waals surface area contributed by atoms with Crippen LogP contribution in [0.4, 0.5) is 0 Å². The molecule has 0 bridgehead atoms. The van der Waals surface area contributed by atoms with Crippen LogP contribution in [0.25, 0.3) is 0 Å². The summed E-state index contributed by atoms with van der Waals surface area (Å²) in [6.07, 6.45) is 7.30. The Kier molecular flexibility index (Phi) is 3.72. The maximum absolute atomic E-state index is 12.8. The van der Waals surface area contributed by atoms with Crippen LogP contribution in [0.2, 0.25) is 0 Å². The quantitative estimate of drug-likeness (QED) is 0.778. The predicted octanol–water partition coefficient (Wildman–Crippen LogP) is 2.70. The predicted molar refractivity (Wildman–Crippen MR) is 74.5 cm³/mol. The Bertz CT molecular complexity index is 316. The van der Waals surface area contributed by atoms with Gasteiger partial charge < -0.3 is 10.2 Å². The first-order valence-corrected chi connectivity index (χ1v) is 7.43. The van der Waals surface area contributed by atoms with E-state index in [0.717, 1.165) is 13.0 Å². The average molecular weight is 252 g/mol. The minimum atomic E-state index is -0.411. The number of nitrogens with zero attached hydrogens (tertiary/aromatic N) is 1. The van der Waals surface area contributed by atoms with Gasteiger partial charge in [-0.2, -0.15) is 0 Å². The van der Waals surface area contributed by atoms with Gasteiger partial charge in [0, 0.05) is 11.6 Å². The minimum Gasteiger partial charge on any atom is -0.333 e. The van der Waals surface area contributed by atoms with Crippen molar-refractivity contribution in [3.05, 3.63) is 0 Å². The van der Waals surface area contributed by atoms with Gasteiger partial charge in [0.15, 0.2) is 0 Å². The molecule has 1 N–H and O–H groups in total. The molecule has 0 aromatic rings. The van der Waals surface area contributed by atoms with Crippen molar-refractivity contribution in [1.29, 1.82) is 0 Å². The molecule has 1 saturated heterocycles. The number of rotatable bonds is 1. The molecule has 3 nitrogen and oxygen atoms in total. The lowest BCUT2D eigenvalue weighted by Gasteiger charge is -2.46. The topological polar surface area (TPSA) is 32.3 Å². The Labute approximate surface area is 111 Å². The molecular weight excluding hydrogens is 224 g/mol. The zero-order chi connectivity index (χ0) is 13.4. The van der Waals surface area contributed by atoms with E-state index in [9.17, 15) is 4.79 Å². The molecule has 1 aliphatic carbocycles. The van der Waals surface area contributed by atoms with Crippen molar-refractivity contribution < 1.29 is 4.79 Å². The largest absolute Gasteiger partial charge is 0.333 e. The van der Waals surface area contributed by atoms with Gasteiger partial charge in [0.2, 0.25) is 5.91 Å². The molecule has 0 radical (unpaired) electrons. The lowest BCUT2D eigenvalue weighted by molar-refractivity contribution is -0.145. The van der Waals surface area contributed by atoms with Crippen molar-refractivity contribution in [2.45, 2.75) is 83.3 Å². The fourth-order valence-electron chi connectivity index (χ4n) is 3.45. The highest BCUT2D eigenvalue weighted by molar-refractivity contribution is 5.86. The maximum Gasteiger partial charge on any atom is 0.242 e. The van der Waals surface area contributed by atoms with Gasteiger partial charge in [-0.3, -0.25) is 4.79 Å². The van der Waals surface area contributed by atoms with E-state index in [4.69, 9.17) is 0 Å². The standard InChI is InChI=1S/C15H28N2O/c1-14(2)10-11-16-15(3,4)13(18)17(14)12-8-6-5-7-9-12/h12,16H,5-11H2,1-4H3. The molecule has 0 atom stereocenters. The van der Waals surface area contributed by atoms with Gasteiger partial charge >= 0.3 is 0 Å². The van der Waals surface area contributed by atoms with E-state index in [1.165, 1.54) is 32.1 Å². The van der Waals surface area contributed by atoms with Crippen LogP contribution in [0.15, 0.2) is 0 Å². The molecule has 2 rings (SSSR count). The SMILES string of the molecule is CC1(C)NCCC(C)(C)N(C2CCCCC2)C1=O. The summed E-state index contributed by atoms with van der Waals surface area (Å²) in [6.45, 7) is 9.42. The van der Waals surface area contributed by atoms with Crippen molar-refractivity contribution in [2.24, 2.45) is 0 Å². The second kappa shape index (κ2) is 4.84. The lowest BCUT2D eigenvalue weighted by atomic mass is 9.87. The van der Waals surface area contributed by atoms with Gasteiger partial charge in [0.05, 0.1) is 5.54 Å². The number of hydrogen-bond acceptors (Lipinski definition) is 2. The Morgan fingerprint density at radius 3 is 2.33 bits per heavy atom. The van der Waals surface area contributed by atoms with Crippen molar-refractivity contribution in [1.82, 2.24) is 10.2 Å². The number of amides is 1. The normalized spacial score (nSPS) is 29.1. The summed E-state index contributed by atoms with van der Waals surface area (Å²) < 4.78 is 0. The molecule has 0 aromatic carbocycles. The smallest absolute Gasteiger partial charge is 0.242 e. The highest BCUT2D eigenvalue weighted by atomic mass is 16.2. The van der Waals surface area contributed by atoms with E-state index in [-0.39, 0.29) is 11.4 Å². The Morgan fingerprint density at radius 1 is 1.11 bits per heavy atom. The molecule has 18 heavy (non-hydrogen) atoms. The summed E-state index contributed by atoms with van der Waals surface area (Å²) in [5, 5.41) is 3.40. The number of carbonyl (C=O) groups is 1. The Morgan fingerprint density at radius 2 is 1.72 bits per heavy atom. The van der Waals surface area contributed by atoms with Gasteiger partial charge in [-0.15, -0.1) is 0 Å². The molecule has 1 amide bonds. The third kappa shape index (κ3) is 2.56. The van der Waals surface area contributed by atoms with Gasteiger partial charge in [-0.25, -0.2) is 0 Å². The molecule has 2 aliphatic rings. The van der Waals surface area contributed by atoms with Crippen LogP contribution in [-0.4, -0.2) is 34.5 Å². The molecule has 104 valence electrons. The highest BCUT2D eigenvalue weighted by Gasteiger charge is 2.44.